The molecule has 0 aliphatic carbocycles. The van der Waals surface area contributed by atoms with Gasteiger partial charge in [-0.2, -0.15) is 0 Å². The predicted molar refractivity (Wildman–Crippen MR) is 134 cm³/mol. The third-order valence-corrected chi connectivity index (χ3v) is 6.47. The molecule has 0 saturated carbocycles. The summed E-state index contributed by atoms with van der Waals surface area (Å²) in [7, 11) is 3.13. The second-order valence-corrected chi connectivity index (χ2v) is 8.68. The highest BCUT2D eigenvalue weighted by atomic mass is 19.1. The fraction of sp³-hybridized carbons (Fsp3) is 0.333. The Balaban J connectivity index is 1.53. The van der Waals surface area contributed by atoms with E-state index in [1.807, 2.05) is 35.0 Å². The van der Waals surface area contributed by atoms with E-state index in [0.29, 0.717) is 41.4 Å². The van der Waals surface area contributed by atoms with E-state index in [1.165, 1.54) is 12.1 Å². The van der Waals surface area contributed by atoms with Gasteiger partial charge in [-0.1, -0.05) is 12.1 Å². The highest BCUT2D eigenvalue weighted by Gasteiger charge is 2.33. The van der Waals surface area contributed by atoms with Crippen LogP contribution in [-0.2, 0) is 27.2 Å². The Hall–Kier alpha value is -4.25. The van der Waals surface area contributed by atoms with Crippen LogP contribution >= 0.6 is 0 Å². The third kappa shape index (κ3) is 4.84. The molecule has 38 heavy (non-hydrogen) atoms. The van der Waals surface area contributed by atoms with Gasteiger partial charge in [-0.15, -0.1) is 5.10 Å². The molecule has 0 saturated heterocycles. The van der Waals surface area contributed by atoms with Crippen LogP contribution < -0.4 is 9.47 Å². The van der Waals surface area contributed by atoms with Crippen LogP contribution in [0.5, 0.6) is 11.5 Å². The van der Waals surface area contributed by atoms with Gasteiger partial charge in [-0.05, 0) is 60.2 Å². The lowest BCUT2D eigenvalue weighted by molar-refractivity contribution is -0.142. The van der Waals surface area contributed by atoms with Gasteiger partial charge < -0.3 is 23.5 Å². The average Bonchev–Trinajstić information content (AvgIpc) is 3.56. The van der Waals surface area contributed by atoms with Crippen LogP contribution in [0, 0.1) is 5.82 Å². The number of tetrazole rings is 1. The minimum absolute atomic E-state index is 0.0307. The van der Waals surface area contributed by atoms with Crippen LogP contribution in [0.25, 0.3) is 5.69 Å². The van der Waals surface area contributed by atoms with E-state index >= 15 is 0 Å². The van der Waals surface area contributed by atoms with Crippen LogP contribution in [-0.4, -0.2) is 51.6 Å². The lowest BCUT2D eigenvalue weighted by Gasteiger charge is -2.25. The highest BCUT2D eigenvalue weighted by Crippen LogP contribution is 2.46. The van der Waals surface area contributed by atoms with Crippen LogP contribution in [0.2, 0.25) is 0 Å². The molecule has 0 amide bonds. The Morgan fingerprint density at radius 1 is 1.11 bits per heavy atom. The quantitative estimate of drug-likeness (QED) is 0.305. The summed E-state index contributed by atoms with van der Waals surface area (Å²) >= 11 is 0. The number of carbonyl (C=O) groups is 1. The molecule has 0 unspecified atom stereocenters. The number of carbonyl (C=O) groups excluding carboxylic acids is 1. The second kappa shape index (κ2) is 11.0. The lowest BCUT2D eigenvalue weighted by Crippen LogP contribution is -2.17. The van der Waals surface area contributed by atoms with Crippen molar-refractivity contribution in [1.82, 2.24) is 24.8 Å². The number of halogens is 1. The normalized spacial score (nSPS) is 16.3. The molecule has 5 rings (SSSR count). The summed E-state index contributed by atoms with van der Waals surface area (Å²) in [5.74, 6) is 0.695. The van der Waals surface area contributed by atoms with Gasteiger partial charge >= 0.3 is 5.97 Å². The van der Waals surface area contributed by atoms with E-state index in [4.69, 9.17) is 18.9 Å². The zero-order valence-corrected chi connectivity index (χ0v) is 21.3. The summed E-state index contributed by atoms with van der Waals surface area (Å²) in [4.78, 5) is 12.0. The van der Waals surface area contributed by atoms with Gasteiger partial charge in [0.15, 0.2) is 17.3 Å². The summed E-state index contributed by atoms with van der Waals surface area (Å²) in [5.41, 5.74) is 3.05. The van der Waals surface area contributed by atoms with Crippen molar-refractivity contribution in [2.24, 2.45) is 0 Å². The molecule has 0 spiro atoms. The van der Waals surface area contributed by atoms with Crippen LogP contribution in [0.15, 0.2) is 54.7 Å². The van der Waals surface area contributed by atoms with E-state index < -0.39 is 18.2 Å². The largest absolute Gasteiger partial charge is 0.493 e. The SMILES string of the molecule is CCOC(=O)Cc1nnnn1CC[C@H]1O[C@H](c2cccc(OC)c2OC)c2cc(F)ccc2-n2cccc21. The molecular weight excluding hydrogens is 493 g/mol. The van der Waals surface area contributed by atoms with E-state index in [1.54, 1.807) is 38.0 Å². The fourth-order valence-electron chi connectivity index (χ4n) is 4.82. The molecule has 3 heterocycles. The molecule has 2 atom stereocenters. The standard InChI is InChI=1S/C27H28FN5O5/c1-4-37-25(34)16-24-29-30-31-33(24)14-12-22-21-8-6-13-32(21)20-11-10-17(28)15-19(20)26(38-22)18-7-5-9-23(35-2)27(18)36-3/h5-11,13,15,22,26H,4,12,14,16H2,1-3H3/t22-,26-/m1/s1. The van der Waals surface area contributed by atoms with E-state index in [0.717, 1.165) is 11.4 Å². The number of hydrogen-bond acceptors (Lipinski definition) is 8. The molecule has 0 N–H and O–H groups in total. The summed E-state index contributed by atoms with van der Waals surface area (Å²) < 4.78 is 41.2. The van der Waals surface area contributed by atoms with Crippen molar-refractivity contribution in [2.75, 3.05) is 20.8 Å². The molecule has 4 aromatic rings. The summed E-state index contributed by atoms with van der Waals surface area (Å²) in [6, 6.07) is 14.1. The van der Waals surface area contributed by atoms with Gasteiger partial charge in [0.2, 0.25) is 0 Å². The van der Waals surface area contributed by atoms with Gasteiger partial charge in [-0.25, -0.2) is 9.07 Å². The maximum absolute atomic E-state index is 14.6. The van der Waals surface area contributed by atoms with Crippen LogP contribution in [0.4, 0.5) is 4.39 Å². The van der Waals surface area contributed by atoms with E-state index in [9.17, 15) is 9.18 Å². The molecule has 11 heteroatoms. The smallest absolute Gasteiger partial charge is 0.313 e. The molecule has 0 fully saturated rings. The number of nitrogens with zero attached hydrogens (tertiary/aromatic N) is 5. The number of rotatable bonds is 9. The summed E-state index contributed by atoms with van der Waals surface area (Å²) in [6.45, 7) is 2.41. The first-order valence-electron chi connectivity index (χ1n) is 12.3. The number of benzene rings is 2. The summed E-state index contributed by atoms with van der Waals surface area (Å²) in [6.07, 6.45) is 1.28. The molecule has 2 aromatic heterocycles. The number of aryl methyl sites for hydroxylation is 1. The Morgan fingerprint density at radius 3 is 2.76 bits per heavy atom. The minimum Gasteiger partial charge on any atom is -0.493 e. The van der Waals surface area contributed by atoms with Gasteiger partial charge in [0, 0.05) is 23.9 Å². The molecule has 1 aliphatic heterocycles. The number of aromatic nitrogens is 5. The molecule has 0 radical (unpaired) electrons. The maximum Gasteiger partial charge on any atom is 0.313 e. The van der Waals surface area contributed by atoms with Crippen molar-refractivity contribution in [3.63, 3.8) is 0 Å². The second-order valence-electron chi connectivity index (χ2n) is 8.68. The van der Waals surface area contributed by atoms with Crippen molar-refractivity contribution in [1.29, 1.82) is 0 Å². The predicted octanol–water partition coefficient (Wildman–Crippen LogP) is 3.98. The van der Waals surface area contributed by atoms with Gasteiger partial charge in [0.05, 0.1) is 32.2 Å². The summed E-state index contributed by atoms with van der Waals surface area (Å²) in [5, 5.41) is 11.8. The number of esters is 1. The third-order valence-electron chi connectivity index (χ3n) is 6.47. The van der Waals surface area contributed by atoms with E-state index in [2.05, 4.69) is 15.5 Å². The van der Waals surface area contributed by atoms with Gasteiger partial charge in [0.25, 0.3) is 0 Å². The number of ether oxygens (including phenoxy) is 4. The number of para-hydroxylation sites is 1. The van der Waals surface area contributed by atoms with Crippen molar-refractivity contribution in [3.8, 4) is 17.2 Å². The van der Waals surface area contributed by atoms with Crippen molar-refractivity contribution in [2.45, 2.75) is 38.5 Å². The first-order valence-corrected chi connectivity index (χ1v) is 12.3. The van der Waals surface area contributed by atoms with Crippen LogP contribution in [0.3, 0.4) is 0 Å². The molecule has 1 aliphatic rings. The monoisotopic (exact) mass is 521 g/mol. The minimum atomic E-state index is -0.663. The average molecular weight is 522 g/mol. The number of methoxy groups -OCH3 is 2. The van der Waals surface area contributed by atoms with Crippen molar-refractivity contribution >= 4 is 5.97 Å². The number of hydrogen-bond donors (Lipinski definition) is 0. The Kier molecular flexibility index (Phi) is 7.36. The molecule has 198 valence electrons. The first-order chi connectivity index (χ1) is 18.5. The Morgan fingerprint density at radius 2 is 1.97 bits per heavy atom. The van der Waals surface area contributed by atoms with Crippen molar-refractivity contribution < 1.29 is 28.1 Å². The van der Waals surface area contributed by atoms with Gasteiger partial charge in [-0.3, -0.25) is 4.79 Å². The van der Waals surface area contributed by atoms with Gasteiger partial charge in [0.1, 0.15) is 24.4 Å². The van der Waals surface area contributed by atoms with Crippen LogP contribution in [0.1, 0.15) is 48.2 Å². The maximum atomic E-state index is 14.6. The molecule has 2 aromatic carbocycles. The highest BCUT2D eigenvalue weighted by molar-refractivity contribution is 5.71. The fourth-order valence-corrected chi connectivity index (χ4v) is 4.82. The molecular formula is C27H28FN5O5. The first kappa shape index (κ1) is 25.4. The topological polar surface area (TPSA) is 103 Å². The Labute approximate surface area is 218 Å². The van der Waals surface area contributed by atoms with Crippen molar-refractivity contribution in [3.05, 3.63) is 83.2 Å². The Bertz CT molecular complexity index is 1430. The van der Waals surface area contributed by atoms with E-state index in [-0.39, 0.29) is 18.8 Å². The molecule has 10 nitrogen and oxygen atoms in total. The lowest BCUT2D eigenvalue weighted by atomic mass is 9.98. The zero-order valence-electron chi connectivity index (χ0n) is 21.3. The number of fused-ring (bicyclic) bond motifs is 3. The molecule has 0 bridgehead atoms. The zero-order chi connectivity index (χ0) is 26.6.